The Bertz CT molecular complexity index is 531. The van der Waals surface area contributed by atoms with Gasteiger partial charge < -0.3 is 5.32 Å². The lowest BCUT2D eigenvalue weighted by Gasteiger charge is -2.13. The summed E-state index contributed by atoms with van der Waals surface area (Å²) in [6.45, 7) is 4.92. The van der Waals surface area contributed by atoms with Crippen molar-refractivity contribution < 1.29 is 14.4 Å². The Balaban J connectivity index is 1.86. The van der Waals surface area contributed by atoms with E-state index in [1.54, 1.807) is 24.3 Å². The van der Waals surface area contributed by atoms with E-state index in [0.717, 1.165) is 11.3 Å². The van der Waals surface area contributed by atoms with Gasteiger partial charge in [0.05, 0.1) is 11.1 Å². The van der Waals surface area contributed by atoms with Gasteiger partial charge in [0.2, 0.25) is 5.91 Å². The highest BCUT2D eigenvalue weighted by Gasteiger charge is 2.34. The summed E-state index contributed by atoms with van der Waals surface area (Å²) in [6, 6.07) is 6.73. The summed E-state index contributed by atoms with van der Waals surface area (Å²) in [4.78, 5) is 37.0. The van der Waals surface area contributed by atoms with Gasteiger partial charge in [0, 0.05) is 19.5 Å². The maximum Gasteiger partial charge on any atom is 0.261 e. The lowest BCUT2D eigenvalue weighted by Crippen LogP contribution is -2.35. The fourth-order valence-corrected chi connectivity index (χ4v) is 2.24. The van der Waals surface area contributed by atoms with Crippen LogP contribution in [0.15, 0.2) is 24.3 Å². The Morgan fingerprint density at radius 2 is 1.71 bits per heavy atom. The van der Waals surface area contributed by atoms with Crippen molar-refractivity contribution >= 4 is 17.7 Å². The number of amides is 3. The molecule has 0 radical (unpaired) electrons. The zero-order valence-electron chi connectivity index (χ0n) is 12.4. The lowest BCUT2D eigenvalue weighted by molar-refractivity contribution is -0.121. The second-order valence-corrected chi connectivity index (χ2v) is 5.59. The van der Waals surface area contributed by atoms with Crippen molar-refractivity contribution in [2.24, 2.45) is 5.92 Å². The third kappa shape index (κ3) is 3.48. The van der Waals surface area contributed by atoms with Crippen LogP contribution in [-0.4, -0.2) is 35.7 Å². The van der Waals surface area contributed by atoms with Crippen LogP contribution < -0.4 is 5.32 Å². The maximum absolute atomic E-state index is 12.1. The highest BCUT2D eigenvalue weighted by molar-refractivity contribution is 6.21. The standard InChI is InChI=1S/C16H20N2O3/c1-11(2)7-9-17-14(19)8-10-18-15(20)12-5-3-4-6-13(12)16(18)21/h3-6,11H,7-10H2,1-2H3,(H,17,19). The van der Waals surface area contributed by atoms with Gasteiger partial charge in [0.1, 0.15) is 0 Å². The molecule has 21 heavy (non-hydrogen) atoms. The van der Waals surface area contributed by atoms with Crippen molar-refractivity contribution in [3.63, 3.8) is 0 Å². The van der Waals surface area contributed by atoms with Gasteiger partial charge in [-0.3, -0.25) is 19.3 Å². The molecule has 0 spiro atoms. The van der Waals surface area contributed by atoms with E-state index in [1.165, 1.54) is 0 Å². The van der Waals surface area contributed by atoms with Gasteiger partial charge in [-0.15, -0.1) is 0 Å². The highest BCUT2D eigenvalue weighted by atomic mass is 16.2. The molecule has 1 aliphatic heterocycles. The Morgan fingerprint density at radius 3 is 2.24 bits per heavy atom. The zero-order valence-corrected chi connectivity index (χ0v) is 12.4. The molecule has 1 N–H and O–H groups in total. The second-order valence-electron chi connectivity index (χ2n) is 5.59. The number of fused-ring (bicyclic) bond motifs is 1. The first-order valence-electron chi connectivity index (χ1n) is 7.22. The van der Waals surface area contributed by atoms with E-state index < -0.39 is 0 Å². The Labute approximate surface area is 124 Å². The molecule has 0 saturated carbocycles. The molecule has 5 heteroatoms. The molecule has 1 aromatic rings. The van der Waals surface area contributed by atoms with Gasteiger partial charge in [-0.1, -0.05) is 26.0 Å². The first-order chi connectivity index (χ1) is 10.0. The van der Waals surface area contributed by atoms with Crippen LogP contribution in [0.1, 0.15) is 47.4 Å². The van der Waals surface area contributed by atoms with E-state index in [-0.39, 0.29) is 30.7 Å². The van der Waals surface area contributed by atoms with E-state index in [1.807, 2.05) is 0 Å². The summed E-state index contributed by atoms with van der Waals surface area (Å²) in [7, 11) is 0. The minimum atomic E-state index is -0.314. The summed E-state index contributed by atoms with van der Waals surface area (Å²) in [5.74, 6) is -0.232. The van der Waals surface area contributed by atoms with Crippen LogP contribution in [0.2, 0.25) is 0 Å². The fourth-order valence-electron chi connectivity index (χ4n) is 2.24. The zero-order chi connectivity index (χ0) is 15.4. The molecule has 1 heterocycles. The fraction of sp³-hybridized carbons (Fsp3) is 0.438. The van der Waals surface area contributed by atoms with E-state index in [4.69, 9.17) is 0 Å². The normalized spacial score (nSPS) is 13.8. The molecule has 0 bridgehead atoms. The number of nitrogens with zero attached hydrogens (tertiary/aromatic N) is 1. The van der Waals surface area contributed by atoms with Crippen molar-refractivity contribution in [2.45, 2.75) is 26.7 Å². The summed E-state index contributed by atoms with van der Waals surface area (Å²) < 4.78 is 0. The molecule has 0 atom stereocenters. The van der Waals surface area contributed by atoms with Crippen LogP contribution in [0.5, 0.6) is 0 Å². The topological polar surface area (TPSA) is 66.5 Å². The molecule has 112 valence electrons. The number of hydrogen-bond donors (Lipinski definition) is 1. The van der Waals surface area contributed by atoms with E-state index in [9.17, 15) is 14.4 Å². The highest BCUT2D eigenvalue weighted by Crippen LogP contribution is 2.22. The lowest BCUT2D eigenvalue weighted by atomic mass is 10.1. The number of carbonyl (C=O) groups is 3. The Hall–Kier alpha value is -2.17. The predicted molar refractivity (Wildman–Crippen MR) is 78.9 cm³/mol. The third-order valence-corrected chi connectivity index (χ3v) is 3.48. The van der Waals surface area contributed by atoms with Crippen molar-refractivity contribution in [3.05, 3.63) is 35.4 Å². The minimum absolute atomic E-state index is 0.125. The van der Waals surface area contributed by atoms with Crippen LogP contribution >= 0.6 is 0 Å². The molecule has 3 amide bonds. The van der Waals surface area contributed by atoms with Gasteiger partial charge in [-0.2, -0.15) is 0 Å². The average molecular weight is 288 g/mol. The van der Waals surface area contributed by atoms with Gasteiger partial charge >= 0.3 is 0 Å². The number of rotatable bonds is 6. The third-order valence-electron chi connectivity index (χ3n) is 3.48. The molecule has 5 nitrogen and oxygen atoms in total. The molecule has 0 fully saturated rings. The van der Waals surface area contributed by atoms with Crippen molar-refractivity contribution in [3.8, 4) is 0 Å². The number of hydrogen-bond acceptors (Lipinski definition) is 3. The maximum atomic E-state index is 12.1. The van der Waals surface area contributed by atoms with Crippen molar-refractivity contribution in [1.29, 1.82) is 0 Å². The molecular formula is C16H20N2O3. The van der Waals surface area contributed by atoms with Gasteiger partial charge in [0.25, 0.3) is 11.8 Å². The molecule has 0 unspecified atom stereocenters. The monoisotopic (exact) mass is 288 g/mol. The van der Waals surface area contributed by atoms with E-state index in [0.29, 0.717) is 23.6 Å². The molecule has 0 aromatic heterocycles. The van der Waals surface area contributed by atoms with Gasteiger partial charge in [-0.05, 0) is 24.5 Å². The molecule has 2 rings (SSSR count). The van der Waals surface area contributed by atoms with Gasteiger partial charge in [-0.25, -0.2) is 0 Å². The quantitative estimate of drug-likeness (QED) is 0.812. The van der Waals surface area contributed by atoms with Gasteiger partial charge in [0.15, 0.2) is 0 Å². The molecule has 1 aromatic carbocycles. The van der Waals surface area contributed by atoms with Crippen LogP contribution in [-0.2, 0) is 4.79 Å². The molecule has 0 aliphatic carbocycles. The van der Waals surface area contributed by atoms with Crippen LogP contribution in [0.3, 0.4) is 0 Å². The number of imide groups is 1. The smallest absolute Gasteiger partial charge is 0.261 e. The molecular weight excluding hydrogens is 268 g/mol. The summed E-state index contributed by atoms with van der Waals surface area (Å²) >= 11 is 0. The summed E-state index contributed by atoms with van der Waals surface area (Å²) in [6.07, 6.45) is 1.06. The molecule has 0 saturated heterocycles. The first-order valence-corrected chi connectivity index (χ1v) is 7.22. The van der Waals surface area contributed by atoms with Crippen LogP contribution in [0.25, 0.3) is 0 Å². The SMILES string of the molecule is CC(C)CCNC(=O)CCN1C(=O)c2ccccc2C1=O. The largest absolute Gasteiger partial charge is 0.356 e. The number of benzene rings is 1. The minimum Gasteiger partial charge on any atom is -0.356 e. The van der Waals surface area contributed by atoms with Crippen LogP contribution in [0.4, 0.5) is 0 Å². The summed E-state index contributed by atoms with van der Waals surface area (Å²) in [5, 5.41) is 2.80. The Kier molecular flexibility index (Phi) is 4.73. The molecule has 1 aliphatic rings. The number of nitrogens with one attached hydrogen (secondary N) is 1. The van der Waals surface area contributed by atoms with E-state index in [2.05, 4.69) is 19.2 Å². The summed E-state index contributed by atoms with van der Waals surface area (Å²) in [5.41, 5.74) is 0.838. The predicted octanol–water partition coefficient (Wildman–Crippen LogP) is 1.83. The second kappa shape index (κ2) is 6.52. The van der Waals surface area contributed by atoms with Crippen molar-refractivity contribution in [1.82, 2.24) is 10.2 Å². The van der Waals surface area contributed by atoms with Crippen molar-refractivity contribution in [2.75, 3.05) is 13.1 Å². The average Bonchev–Trinajstić information content (AvgIpc) is 2.69. The van der Waals surface area contributed by atoms with Crippen LogP contribution in [0, 0.1) is 5.92 Å². The number of carbonyl (C=O) groups excluding carboxylic acids is 3. The Morgan fingerprint density at radius 1 is 1.14 bits per heavy atom. The first kappa shape index (κ1) is 15.2. The van der Waals surface area contributed by atoms with E-state index >= 15 is 0 Å².